The van der Waals surface area contributed by atoms with Gasteiger partial charge in [0.1, 0.15) is 5.75 Å². The molecular weight excluding hydrogens is 348 g/mol. The third-order valence-corrected chi connectivity index (χ3v) is 6.68. The van der Waals surface area contributed by atoms with Crippen LogP contribution in [0.4, 0.5) is 5.69 Å². The van der Waals surface area contributed by atoms with Gasteiger partial charge in [0.25, 0.3) is 0 Å². The van der Waals surface area contributed by atoms with Crippen LogP contribution in [0.5, 0.6) is 5.75 Å². The first-order chi connectivity index (χ1) is 12.4. The van der Waals surface area contributed by atoms with Gasteiger partial charge in [-0.2, -0.15) is 0 Å². The molecule has 1 N–H and O–H groups in total. The van der Waals surface area contributed by atoms with E-state index in [1.54, 1.807) is 19.2 Å². The minimum atomic E-state index is -3.52. The molecule has 2 aromatic rings. The highest BCUT2D eigenvalue weighted by Crippen LogP contribution is 2.28. The lowest BCUT2D eigenvalue weighted by Gasteiger charge is -2.19. The van der Waals surface area contributed by atoms with Gasteiger partial charge < -0.3 is 9.64 Å². The molecule has 0 bridgehead atoms. The average molecular weight is 375 g/mol. The van der Waals surface area contributed by atoms with Crippen LogP contribution in [0, 0.1) is 13.8 Å². The van der Waals surface area contributed by atoms with Crippen molar-refractivity contribution >= 4 is 15.7 Å². The summed E-state index contributed by atoms with van der Waals surface area (Å²) < 4.78 is 33.3. The number of hydrogen-bond acceptors (Lipinski definition) is 4. The number of nitrogens with zero attached hydrogens (tertiary/aromatic N) is 1. The van der Waals surface area contributed by atoms with Crippen molar-refractivity contribution in [1.29, 1.82) is 0 Å². The second kappa shape index (κ2) is 7.68. The lowest BCUT2D eigenvalue weighted by molar-refractivity contribution is 0.410. The van der Waals surface area contributed by atoms with E-state index in [1.807, 2.05) is 13.8 Å². The fourth-order valence-corrected chi connectivity index (χ4v) is 4.85. The van der Waals surface area contributed by atoms with Gasteiger partial charge in [-0.25, -0.2) is 13.1 Å². The number of para-hydroxylation sites is 1. The summed E-state index contributed by atoms with van der Waals surface area (Å²) in [4.78, 5) is 2.65. The van der Waals surface area contributed by atoms with E-state index in [0.717, 1.165) is 37.1 Å². The zero-order chi connectivity index (χ0) is 18.7. The molecule has 26 heavy (non-hydrogen) atoms. The summed E-state index contributed by atoms with van der Waals surface area (Å²) in [5.74, 6) is 0.703. The van der Waals surface area contributed by atoms with Crippen molar-refractivity contribution in [2.75, 3.05) is 31.6 Å². The highest BCUT2D eigenvalue weighted by Gasteiger charge is 2.20. The standard InChI is InChI=1S/C20H26N2O3S/c1-15-16(2)20(10-9-19(15)25-3)26(23,24)21-12-6-13-22-14-11-17-7-4-5-8-18(17)22/h4-5,7-10,21H,6,11-14H2,1-3H3. The Kier molecular flexibility index (Phi) is 5.53. The zero-order valence-electron chi connectivity index (χ0n) is 15.6. The summed E-state index contributed by atoms with van der Waals surface area (Å²) >= 11 is 0. The normalized spacial score (nSPS) is 13.7. The number of sulfonamides is 1. The monoisotopic (exact) mass is 374 g/mol. The van der Waals surface area contributed by atoms with Crippen molar-refractivity contribution in [3.05, 3.63) is 53.1 Å². The predicted molar refractivity (Wildman–Crippen MR) is 105 cm³/mol. The van der Waals surface area contributed by atoms with Gasteiger partial charge in [-0.05, 0) is 61.6 Å². The molecule has 0 saturated heterocycles. The summed E-state index contributed by atoms with van der Waals surface area (Å²) in [6, 6.07) is 11.7. The van der Waals surface area contributed by atoms with Gasteiger partial charge >= 0.3 is 0 Å². The Labute approximate surface area is 156 Å². The van der Waals surface area contributed by atoms with Crippen molar-refractivity contribution in [1.82, 2.24) is 4.72 Å². The number of hydrogen-bond donors (Lipinski definition) is 1. The van der Waals surface area contributed by atoms with E-state index in [9.17, 15) is 8.42 Å². The smallest absolute Gasteiger partial charge is 0.240 e. The van der Waals surface area contributed by atoms with E-state index < -0.39 is 10.0 Å². The van der Waals surface area contributed by atoms with Gasteiger partial charge in [-0.1, -0.05) is 18.2 Å². The molecule has 3 rings (SSSR count). The first-order valence-electron chi connectivity index (χ1n) is 8.91. The summed E-state index contributed by atoms with van der Waals surface area (Å²) in [5.41, 5.74) is 4.23. The van der Waals surface area contributed by atoms with Gasteiger partial charge in [-0.3, -0.25) is 0 Å². The molecule has 0 spiro atoms. The molecule has 6 heteroatoms. The quantitative estimate of drug-likeness (QED) is 0.757. The Morgan fingerprint density at radius 1 is 1.12 bits per heavy atom. The van der Waals surface area contributed by atoms with E-state index in [0.29, 0.717) is 17.2 Å². The summed E-state index contributed by atoms with van der Waals surface area (Å²) in [6.07, 6.45) is 1.83. The van der Waals surface area contributed by atoms with E-state index in [4.69, 9.17) is 4.74 Å². The Balaban J connectivity index is 1.59. The number of benzene rings is 2. The maximum Gasteiger partial charge on any atom is 0.240 e. The van der Waals surface area contributed by atoms with Crippen LogP contribution in [-0.2, 0) is 16.4 Å². The lowest BCUT2D eigenvalue weighted by Crippen LogP contribution is -2.29. The van der Waals surface area contributed by atoms with Crippen LogP contribution in [0.1, 0.15) is 23.1 Å². The summed E-state index contributed by atoms with van der Waals surface area (Å²) in [5, 5.41) is 0. The number of methoxy groups -OCH3 is 1. The number of nitrogens with one attached hydrogen (secondary N) is 1. The van der Waals surface area contributed by atoms with Crippen LogP contribution in [0.15, 0.2) is 41.3 Å². The van der Waals surface area contributed by atoms with Crippen LogP contribution in [0.2, 0.25) is 0 Å². The topological polar surface area (TPSA) is 58.6 Å². The van der Waals surface area contributed by atoms with Crippen molar-refractivity contribution < 1.29 is 13.2 Å². The average Bonchev–Trinajstić information content (AvgIpc) is 3.04. The van der Waals surface area contributed by atoms with Crippen molar-refractivity contribution in [2.24, 2.45) is 0 Å². The Morgan fingerprint density at radius 2 is 1.88 bits per heavy atom. The van der Waals surface area contributed by atoms with E-state index in [1.165, 1.54) is 11.3 Å². The number of ether oxygens (including phenoxy) is 1. The molecule has 0 unspecified atom stereocenters. The third kappa shape index (κ3) is 3.71. The molecule has 0 saturated carbocycles. The van der Waals surface area contributed by atoms with Gasteiger partial charge in [0.15, 0.2) is 0 Å². The molecule has 140 valence electrons. The van der Waals surface area contributed by atoms with Crippen molar-refractivity contribution in [3.63, 3.8) is 0 Å². The van der Waals surface area contributed by atoms with Crippen LogP contribution < -0.4 is 14.4 Å². The Morgan fingerprint density at radius 3 is 2.65 bits per heavy atom. The maximum atomic E-state index is 12.6. The Bertz CT molecular complexity index is 894. The molecule has 0 fully saturated rings. The molecule has 0 radical (unpaired) electrons. The molecule has 0 amide bonds. The Hall–Kier alpha value is -2.05. The van der Waals surface area contributed by atoms with Gasteiger partial charge in [0, 0.05) is 25.3 Å². The molecule has 5 nitrogen and oxygen atoms in total. The molecule has 2 aromatic carbocycles. The number of rotatable bonds is 7. The van der Waals surface area contributed by atoms with E-state index in [2.05, 4.69) is 33.9 Å². The largest absolute Gasteiger partial charge is 0.496 e. The molecule has 1 aliphatic rings. The maximum absolute atomic E-state index is 12.6. The minimum absolute atomic E-state index is 0.322. The number of anilines is 1. The highest BCUT2D eigenvalue weighted by atomic mass is 32.2. The van der Waals surface area contributed by atoms with Gasteiger partial charge in [0.2, 0.25) is 10.0 Å². The van der Waals surface area contributed by atoms with Crippen molar-refractivity contribution in [3.8, 4) is 5.75 Å². The fraction of sp³-hybridized carbons (Fsp3) is 0.400. The SMILES string of the molecule is COc1ccc(S(=O)(=O)NCCCN2CCc3ccccc32)c(C)c1C. The zero-order valence-corrected chi connectivity index (χ0v) is 16.4. The molecular formula is C20H26N2O3S. The van der Waals surface area contributed by atoms with Gasteiger partial charge in [0.05, 0.1) is 12.0 Å². The molecule has 0 aromatic heterocycles. The van der Waals surface area contributed by atoms with Crippen LogP contribution >= 0.6 is 0 Å². The molecule has 0 aliphatic carbocycles. The van der Waals surface area contributed by atoms with E-state index >= 15 is 0 Å². The second-order valence-electron chi connectivity index (χ2n) is 6.63. The first-order valence-corrected chi connectivity index (χ1v) is 10.4. The van der Waals surface area contributed by atoms with Crippen molar-refractivity contribution in [2.45, 2.75) is 31.6 Å². The van der Waals surface area contributed by atoms with Crippen LogP contribution in [0.25, 0.3) is 0 Å². The summed E-state index contributed by atoms with van der Waals surface area (Å²) in [6.45, 7) is 5.96. The lowest BCUT2D eigenvalue weighted by atomic mass is 10.1. The summed E-state index contributed by atoms with van der Waals surface area (Å²) in [7, 11) is -1.93. The molecule has 1 aliphatic heterocycles. The number of fused-ring (bicyclic) bond motifs is 1. The van der Waals surface area contributed by atoms with Crippen LogP contribution in [-0.4, -0.2) is 35.2 Å². The fourth-order valence-electron chi connectivity index (χ4n) is 3.48. The molecule has 1 heterocycles. The highest BCUT2D eigenvalue weighted by molar-refractivity contribution is 7.89. The van der Waals surface area contributed by atoms with Gasteiger partial charge in [-0.15, -0.1) is 0 Å². The molecule has 0 atom stereocenters. The van der Waals surface area contributed by atoms with Crippen LogP contribution in [0.3, 0.4) is 0 Å². The second-order valence-corrected chi connectivity index (χ2v) is 8.37. The minimum Gasteiger partial charge on any atom is -0.496 e. The van der Waals surface area contributed by atoms with E-state index in [-0.39, 0.29) is 0 Å². The first kappa shape index (κ1) is 18.7. The predicted octanol–water partition coefficient (Wildman–Crippen LogP) is 3.04. The third-order valence-electron chi connectivity index (χ3n) is 5.08.